The Bertz CT molecular complexity index is 936. The van der Waals surface area contributed by atoms with Crippen molar-refractivity contribution in [3.63, 3.8) is 0 Å². The van der Waals surface area contributed by atoms with Gasteiger partial charge in [0, 0.05) is 35.9 Å². The largest absolute Gasteiger partial charge is 0.496 e. The van der Waals surface area contributed by atoms with E-state index in [4.69, 9.17) is 9.47 Å². The predicted molar refractivity (Wildman–Crippen MR) is 96.1 cm³/mol. The number of aromatic nitrogens is 1. The number of rotatable bonds is 5. The van der Waals surface area contributed by atoms with Gasteiger partial charge in [0.05, 0.1) is 12.6 Å². The van der Waals surface area contributed by atoms with E-state index in [0.717, 1.165) is 11.4 Å². The number of aromatic carboxylic acids is 1. The number of fused-ring (bicyclic) bond motifs is 1. The minimum Gasteiger partial charge on any atom is -0.496 e. The SMILES string of the molecule is CNc1ccc(Oc2cc(C)nc3cc(OC)c(C(=O)O)cc23)cc1. The van der Waals surface area contributed by atoms with E-state index in [0.29, 0.717) is 22.4 Å². The summed E-state index contributed by atoms with van der Waals surface area (Å²) in [4.78, 5) is 15.9. The maximum Gasteiger partial charge on any atom is 0.339 e. The third-order valence-electron chi connectivity index (χ3n) is 3.82. The molecule has 0 aliphatic carbocycles. The van der Waals surface area contributed by atoms with Gasteiger partial charge in [0.1, 0.15) is 22.8 Å². The fraction of sp³-hybridized carbons (Fsp3) is 0.158. The van der Waals surface area contributed by atoms with E-state index >= 15 is 0 Å². The van der Waals surface area contributed by atoms with Crippen molar-refractivity contribution in [3.8, 4) is 17.2 Å². The Labute approximate surface area is 145 Å². The summed E-state index contributed by atoms with van der Waals surface area (Å²) in [6.07, 6.45) is 0. The molecule has 0 saturated carbocycles. The molecule has 0 aliphatic rings. The van der Waals surface area contributed by atoms with Crippen LogP contribution in [-0.4, -0.2) is 30.2 Å². The van der Waals surface area contributed by atoms with Crippen LogP contribution in [0.25, 0.3) is 10.9 Å². The fourth-order valence-corrected chi connectivity index (χ4v) is 2.59. The molecule has 0 saturated heterocycles. The number of carboxylic acids is 1. The topological polar surface area (TPSA) is 80.7 Å². The molecule has 6 nitrogen and oxygen atoms in total. The van der Waals surface area contributed by atoms with Gasteiger partial charge in [-0.25, -0.2) is 4.79 Å². The molecular formula is C19H18N2O4. The molecule has 3 rings (SSSR count). The van der Waals surface area contributed by atoms with Crippen LogP contribution >= 0.6 is 0 Å². The van der Waals surface area contributed by atoms with Crippen molar-refractivity contribution in [2.75, 3.05) is 19.5 Å². The van der Waals surface area contributed by atoms with E-state index in [1.54, 1.807) is 12.1 Å². The zero-order chi connectivity index (χ0) is 18.0. The molecule has 25 heavy (non-hydrogen) atoms. The summed E-state index contributed by atoms with van der Waals surface area (Å²) in [5.41, 5.74) is 2.42. The summed E-state index contributed by atoms with van der Waals surface area (Å²) < 4.78 is 11.1. The molecule has 0 spiro atoms. The van der Waals surface area contributed by atoms with Crippen molar-refractivity contribution in [3.05, 3.63) is 53.7 Å². The Hall–Kier alpha value is -3.28. The lowest BCUT2D eigenvalue weighted by molar-refractivity contribution is 0.0693. The Morgan fingerprint density at radius 2 is 1.84 bits per heavy atom. The van der Waals surface area contributed by atoms with Crippen LogP contribution in [-0.2, 0) is 0 Å². The highest BCUT2D eigenvalue weighted by Gasteiger charge is 2.16. The fourth-order valence-electron chi connectivity index (χ4n) is 2.59. The van der Waals surface area contributed by atoms with E-state index in [-0.39, 0.29) is 11.3 Å². The third-order valence-corrected chi connectivity index (χ3v) is 3.82. The second-order valence-corrected chi connectivity index (χ2v) is 5.51. The first-order valence-electron chi connectivity index (χ1n) is 7.70. The molecule has 1 heterocycles. The van der Waals surface area contributed by atoms with Gasteiger partial charge < -0.3 is 19.9 Å². The average molecular weight is 338 g/mol. The molecule has 0 amide bonds. The van der Waals surface area contributed by atoms with Crippen LogP contribution in [0.15, 0.2) is 42.5 Å². The zero-order valence-electron chi connectivity index (χ0n) is 14.2. The highest BCUT2D eigenvalue weighted by molar-refractivity contribution is 5.98. The maximum atomic E-state index is 11.5. The van der Waals surface area contributed by atoms with Crippen LogP contribution in [0.1, 0.15) is 16.1 Å². The minimum absolute atomic E-state index is 0.0658. The standard InChI is InChI=1S/C19H18N2O4/c1-11-8-18(25-13-6-4-12(20-2)5-7-13)14-9-15(19(22)23)17(24-3)10-16(14)21-11/h4-10,20H,1-3H3,(H,22,23). The summed E-state index contributed by atoms with van der Waals surface area (Å²) in [6.45, 7) is 1.86. The normalized spacial score (nSPS) is 10.5. The number of pyridine rings is 1. The van der Waals surface area contributed by atoms with Crippen LogP contribution in [0, 0.1) is 6.92 Å². The average Bonchev–Trinajstić information content (AvgIpc) is 2.61. The van der Waals surface area contributed by atoms with Gasteiger partial charge in [-0.2, -0.15) is 0 Å². The van der Waals surface area contributed by atoms with Gasteiger partial charge >= 0.3 is 5.97 Å². The van der Waals surface area contributed by atoms with Crippen molar-refractivity contribution < 1.29 is 19.4 Å². The monoisotopic (exact) mass is 338 g/mol. The minimum atomic E-state index is -1.07. The van der Waals surface area contributed by atoms with Gasteiger partial charge in [-0.05, 0) is 37.3 Å². The highest BCUT2D eigenvalue weighted by atomic mass is 16.5. The third kappa shape index (κ3) is 3.33. The number of anilines is 1. The van der Waals surface area contributed by atoms with Gasteiger partial charge in [-0.1, -0.05) is 0 Å². The molecule has 0 atom stereocenters. The molecule has 1 aromatic heterocycles. The number of hydrogen-bond donors (Lipinski definition) is 2. The quantitative estimate of drug-likeness (QED) is 0.729. The molecule has 0 radical (unpaired) electrons. The van der Waals surface area contributed by atoms with E-state index in [9.17, 15) is 9.90 Å². The maximum absolute atomic E-state index is 11.5. The number of aryl methyl sites for hydroxylation is 1. The Morgan fingerprint density at radius 3 is 2.44 bits per heavy atom. The van der Waals surface area contributed by atoms with Crippen LogP contribution in [0.3, 0.4) is 0 Å². The molecule has 0 unspecified atom stereocenters. The summed E-state index contributed by atoms with van der Waals surface area (Å²) >= 11 is 0. The van der Waals surface area contributed by atoms with E-state index in [1.165, 1.54) is 13.2 Å². The lowest BCUT2D eigenvalue weighted by atomic mass is 10.1. The summed E-state index contributed by atoms with van der Waals surface area (Å²) in [7, 11) is 3.28. The van der Waals surface area contributed by atoms with E-state index in [1.807, 2.05) is 38.2 Å². The van der Waals surface area contributed by atoms with Gasteiger partial charge in [-0.15, -0.1) is 0 Å². The summed E-state index contributed by atoms with van der Waals surface area (Å²) in [6, 6.07) is 12.4. The number of ether oxygens (including phenoxy) is 2. The molecule has 128 valence electrons. The van der Waals surface area contributed by atoms with Gasteiger partial charge in [0.2, 0.25) is 0 Å². The van der Waals surface area contributed by atoms with Crippen LogP contribution in [0.5, 0.6) is 17.2 Å². The highest BCUT2D eigenvalue weighted by Crippen LogP contribution is 2.34. The van der Waals surface area contributed by atoms with Crippen molar-refractivity contribution >= 4 is 22.6 Å². The molecule has 6 heteroatoms. The van der Waals surface area contributed by atoms with Gasteiger partial charge in [0.15, 0.2) is 0 Å². The lowest BCUT2D eigenvalue weighted by Crippen LogP contribution is -2.02. The Morgan fingerprint density at radius 1 is 1.12 bits per heavy atom. The lowest BCUT2D eigenvalue weighted by Gasteiger charge is -2.13. The summed E-state index contributed by atoms with van der Waals surface area (Å²) in [5, 5.41) is 13.1. The Kier molecular flexibility index (Phi) is 4.43. The van der Waals surface area contributed by atoms with Gasteiger partial charge in [-0.3, -0.25) is 4.98 Å². The van der Waals surface area contributed by atoms with Crippen LogP contribution < -0.4 is 14.8 Å². The Balaban J connectivity index is 2.12. The first-order chi connectivity index (χ1) is 12.0. The zero-order valence-corrected chi connectivity index (χ0v) is 14.2. The van der Waals surface area contributed by atoms with Crippen molar-refractivity contribution in [2.45, 2.75) is 6.92 Å². The molecular weight excluding hydrogens is 320 g/mol. The molecule has 0 aliphatic heterocycles. The number of nitrogens with zero attached hydrogens (tertiary/aromatic N) is 1. The number of benzene rings is 2. The molecule has 0 fully saturated rings. The number of hydrogen-bond acceptors (Lipinski definition) is 5. The summed E-state index contributed by atoms with van der Waals surface area (Å²) in [5.74, 6) is 0.398. The predicted octanol–water partition coefficient (Wildman–Crippen LogP) is 4.08. The first kappa shape index (κ1) is 16.6. The van der Waals surface area contributed by atoms with Crippen molar-refractivity contribution in [2.24, 2.45) is 0 Å². The van der Waals surface area contributed by atoms with Crippen molar-refractivity contribution in [1.82, 2.24) is 4.98 Å². The van der Waals surface area contributed by atoms with Gasteiger partial charge in [0.25, 0.3) is 0 Å². The number of carboxylic acid groups (broad SMARTS) is 1. The molecule has 2 aromatic carbocycles. The number of methoxy groups -OCH3 is 1. The second-order valence-electron chi connectivity index (χ2n) is 5.51. The van der Waals surface area contributed by atoms with Crippen LogP contribution in [0.4, 0.5) is 5.69 Å². The van der Waals surface area contributed by atoms with Crippen LogP contribution in [0.2, 0.25) is 0 Å². The van der Waals surface area contributed by atoms with Crippen molar-refractivity contribution in [1.29, 1.82) is 0 Å². The first-order valence-corrected chi connectivity index (χ1v) is 7.70. The van der Waals surface area contributed by atoms with E-state index in [2.05, 4.69) is 10.3 Å². The molecule has 2 N–H and O–H groups in total. The smallest absolute Gasteiger partial charge is 0.339 e. The molecule has 0 bridgehead atoms. The number of carbonyl (C=O) groups is 1. The number of nitrogens with one attached hydrogen (secondary N) is 1. The van der Waals surface area contributed by atoms with E-state index < -0.39 is 5.97 Å². The molecule has 3 aromatic rings. The second kappa shape index (κ2) is 6.68.